The van der Waals surface area contributed by atoms with E-state index in [1.54, 1.807) is 0 Å². The first kappa shape index (κ1) is 15.8. The molecule has 116 valence electrons. The first-order valence-corrected chi connectivity index (χ1v) is 7.61. The van der Waals surface area contributed by atoms with Crippen LogP contribution in [-0.2, 0) is 17.7 Å². The summed E-state index contributed by atoms with van der Waals surface area (Å²) >= 11 is 0. The van der Waals surface area contributed by atoms with E-state index >= 15 is 0 Å². The molecule has 1 heterocycles. The van der Waals surface area contributed by atoms with Crippen molar-refractivity contribution in [3.05, 3.63) is 34.9 Å². The number of alkyl carbamates (subject to hydrolysis) is 1. The predicted molar refractivity (Wildman–Crippen MR) is 84.4 cm³/mol. The molecule has 1 aromatic carbocycles. The zero-order chi connectivity index (χ0) is 15.5. The molecule has 1 amide bonds. The van der Waals surface area contributed by atoms with Crippen molar-refractivity contribution in [3.63, 3.8) is 0 Å². The molecule has 0 aromatic heterocycles. The normalized spacial score (nSPS) is 15.4. The van der Waals surface area contributed by atoms with Crippen molar-refractivity contribution in [1.29, 1.82) is 0 Å². The maximum Gasteiger partial charge on any atom is 0.407 e. The van der Waals surface area contributed by atoms with Gasteiger partial charge in [0.05, 0.1) is 0 Å². The van der Waals surface area contributed by atoms with Gasteiger partial charge >= 0.3 is 6.09 Å². The van der Waals surface area contributed by atoms with Crippen molar-refractivity contribution in [3.8, 4) is 0 Å². The summed E-state index contributed by atoms with van der Waals surface area (Å²) in [6, 6.07) is 6.67. The van der Waals surface area contributed by atoms with E-state index in [4.69, 9.17) is 4.74 Å². The largest absolute Gasteiger partial charge is 0.444 e. The second-order valence-electron chi connectivity index (χ2n) is 6.73. The van der Waals surface area contributed by atoms with Crippen LogP contribution in [0.3, 0.4) is 0 Å². The van der Waals surface area contributed by atoms with Crippen LogP contribution in [0.4, 0.5) is 4.79 Å². The van der Waals surface area contributed by atoms with Gasteiger partial charge in [-0.25, -0.2) is 4.79 Å². The molecule has 1 aliphatic rings. The predicted octanol–water partition coefficient (Wildman–Crippen LogP) is 2.88. The lowest BCUT2D eigenvalue weighted by atomic mass is 9.98. The molecule has 0 spiro atoms. The number of benzene rings is 1. The minimum Gasteiger partial charge on any atom is -0.444 e. The van der Waals surface area contributed by atoms with Crippen LogP contribution < -0.4 is 5.32 Å². The van der Waals surface area contributed by atoms with Gasteiger partial charge in [0.15, 0.2) is 0 Å². The summed E-state index contributed by atoms with van der Waals surface area (Å²) in [6.07, 6.45) is 0.749. The molecule has 1 aliphatic heterocycles. The SMILES string of the molecule is Cc1ccc2c(c1)CCN(CCNC(=O)OC(C)(C)C)C2. The summed E-state index contributed by atoms with van der Waals surface area (Å²) in [7, 11) is 0. The highest BCUT2D eigenvalue weighted by molar-refractivity contribution is 5.67. The van der Waals surface area contributed by atoms with Crippen molar-refractivity contribution >= 4 is 6.09 Å². The number of aryl methyl sites for hydroxylation is 1. The summed E-state index contributed by atoms with van der Waals surface area (Å²) in [4.78, 5) is 14.0. The van der Waals surface area contributed by atoms with E-state index in [2.05, 4.69) is 35.3 Å². The molecular weight excluding hydrogens is 264 g/mol. The van der Waals surface area contributed by atoms with Crippen LogP contribution in [0.15, 0.2) is 18.2 Å². The minimum absolute atomic E-state index is 0.337. The molecule has 1 aromatic rings. The van der Waals surface area contributed by atoms with E-state index in [1.807, 2.05) is 20.8 Å². The summed E-state index contributed by atoms with van der Waals surface area (Å²) in [6.45, 7) is 11.2. The highest BCUT2D eigenvalue weighted by atomic mass is 16.6. The van der Waals surface area contributed by atoms with Crippen molar-refractivity contribution in [2.24, 2.45) is 0 Å². The fraction of sp³-hybridized carbons (Fsp3) is 0.588. The lowest BCUT2D eigenvalue weighted by molar-refractivity contribution is 0.0521. The third-order valence-corrected chi connectivity index (χ3v) is 3.55. The number of carbonyl (C=O) groups excluding carboxylic acids is 1. The van der Waals surface area contributed by atoms with E-state index in [9.17, 15) is 4.79 Å². The number of fused-ring (bicyclic) bond motifs is 1. The van der Waals surface area contributed by atoms with Crippen LogP contribution in [0.1, 0.15) is 37.5 Å². The first-order chi connectivity index (χ1) is 9.83. The third-order valence-electron chi connectivity index (χ3n) is 3.55. The molecule has 1 N–H and O–H groups in total. The Morgan fingerprint density at radius 2 is 2.10 bits per heavy atom. The number of rotatable bonds is 3. The second-order valence-corrected chi connectivity index (χ2v) is 6.73. The fourth-order valence-corrected chi connectivity index (χ4v) is 2.56. The molecule has 4 heteroatoms. The molecule has 0 saturated carbocycles. The van der Waals surface area contributed by atoms with Crippen LogP contribution in [0, 0.1) is 6.92 Å². The first-order valence-electron chi connectivity index (χ1n) is 7.61. The van der Waals surface area contributed by atoms with Gasteiger partial charge in [-0.3, -0.25) is 4.90 Å². The highest BCUT2D eigenvalue weighted by Crippen LogP contribution is 2.19. The second kappa shape index (κ2) is 6.48. The Bertz CT molecular complexity index is 506. The Morgan fingerprint density at radius 1 is 1.33 bits per heavy atom. The zero-order valence-corrected chi connectivity index (χ0v) is 13.5. The Labute approximate surface area is 127 Å². The van der Waals surface area contributed by atoms with Crippen LogP contribution >= 0.6 is 0 Å². The van der Waals surface area contributed by atoms with Gasteiger partial charge in [0.1, 0.15) is 5.60 Å². The molecule has 0 radical (unpaired) electrons. The monoisotopic (exact) mass is 290 g/mol. The molecule has 4 nitrogen and oxygen atoms in total. The van der Waals surface area contributed by atoms with Gasteiger partial charge in [0.25, 0.3) is 0 Å². The number of amides is 1. The van der Waals surface area contributed by atoms with Crippen LogP contribution in [0.2, 0.25) is 0 Å². The summed E-state index contributed by atoms with van der Waals surface area (Å²) < 4.78 is 5.23. The number of hydrogen-bond acceptors (Lipinski definition) is 3. The van der Waals surface area contributed by atoms with Gasteiger partial charge < -0.3 is 10.1 Å². The molecule has 0 fully saturated rings. The summed E-state index contributed by atoms with van der Waals surface area (Å²) in [5.41, 5.74) is 3.76. The number of ether oxygens (including phenoxy) is 1. The number of hydrogen-bond donors (Lipinski definition) is 1. The van der Waals surface area contributed by atoms with Gasteiger partial charge in [-0.2, -0.15) is 0 Å². The van der Waals surface area contributed by atoms with Crippen molar-refractivity contribution in [2.45, 2.75) is 46.3 Å². The Kier molecular flexibility index (Phi) is 4.88. The topological polar surface area (TPSA) is 41.6 Å². The lowest BCUT2D eigenvalue weighted by Gasteiger charge is -2.29. The van der Waals surface area contributed by atoms with E-state index in [0.29, 0.717) is 6.54 Å². The average Bonchev–Trinajstić information content (AvgIpc) is 2.36. The van der Waals surface area contributed by atoms with Gasteiger partial charge in [-0.05, 0) is 45.2 Å². The maximum atomic E-state index is 11.6. The Morgan fingerprint density at radius 3 is 2.81 bits per heavy atom. The van der Waals surface area contributed by atoms with E-state index in [0.717, 1.165) is 26.1 Å². The van der Waals surface area contributed by atoms with Gasteiger partial charge in [-0.1, -0.05) is 23.8 Å². The van der Waals surface area contributed by atoms with Crippen molar-refractivity contribution < 1.29 is 9.53 Å². The highest BCUT2D eigenvalue weighted by Gasteiger charge is 2.18. The molecule has 0 saturated heterocycles. The van der Waals surface area contributed by atoms with Crippen molar-refractivity contribution in [1.82, 2.24) is 10.2 Å². The fourth-order valence-electron chi connectivity index (χ4n) is 2.56. The molecule has 0 bridgehead atoms. The van der Waals surface area contributed by atoms with E-state index in [-0.39, 0.29) is 6.09 Å². The number of nitrogens with zero attached hydrogens (tertiary/aromatic N) is 1. The van der Waals surface area contributed by atoms with Crippen LogP contribution in [0.25, 0.3) is 0 Å². The summed E-state index contributed by atoms with van der Waals surface area (Å²) in [5, 5.41) is 2.82. The quantitative estimate of drug-likeness (QED) is 0.930. The standard InChI is InChI=1S/C17H26N2O2/c1-13-5-6-15-12-19(9-7-14(15)11-13)10-8-18-16(20)21-17(2,3)4/h5-6,11H,7-10,12H2,1-4H3,(H,18,20). The van der Waals surface area contributed by atoms with Gasteiger partial charge in [-0.15, -0.1) is 0 Å². The van der Waals surface area contributed by atoms with E-state index in [1.165, 1.54) is 16.7 Å². The van der Waals surface area contributed by atoms with E-state index < -0.39 is 5.60 Å². The Balaban J connectivity index is 1.76. The Hall–Kier alpha value is -1.55. The zero-order valence-electron chi connectivity index (χ0n) is 13.5. The molecule has 21 heavy (non-hydrogen) atoms. The minimum atomic E-state index is -0.438. The molecule has 0 aliphatic carbocycles. The van der Waals surface area contributed by atoms with Crippen molar-refractivity contribution in [2.75, 3.05) is 19.6 Å². The molecule has 0 atom stereocenters. The maximum absolute atomic E-state index is 11.6. The third kappa shape index (κ3) is 5.05. The molecule has 0 unspecified atom stereocenters. The van der Waals surface area contributed by atoms with Crippen LogP contribution in [-0.4, -0.2) is 36.2 Å². The average molecular weight is 290 g/mol. The molecular formula is C17H26N2O2. The smallest absolute Gasteiger partial charge is 0.407 e. The number of carbonyl (C=O) groups is 1. The van der Waals surface area contributed by atoms with Gasteiger partial charge in [0.2, 0.25) is 0 Å². The van der Waals surface area contributed by atoms with Crippen LogP contribution in [0.5, 0.6) is 0 Å². The number of nitrogens with one attached hydrogen (secondary N) is 1. The van der Waals surface area contributed by atoms with Gasteiger partial charge in [0, 0.05) is 26.2 Å². The lowest BCUT2D eigenvalue weighted by Crippen LogP contribution is -2.39. The molecule has 2 rings (SSSR count). The summed E-state index contributed by atoms with van der Waals surface area (Å²) in [5.74, 6) is 0.